The first-order valence-corrected chi connectivity index (χ1v) is 2.60. The van der Waals surface area contributed by atoms with Gasteiger partial charge in [-0.3, -0.25) is 0 Å². The molecule has 0 spiro atoms. The van der Waals surface area contributed by atoms with Gasteiger partial charge in [0.05, 0.1) is 0 Å². The van der Waals surface area contributed by atoms with Gasteiger partial charge in [0, 0.05) is 0 Å². The molecule has 0 aromatic rings. The van der Waals surface area contributed by atoms with Crippen LogP contribution in [-0.2, 0) is 0 Å². The molecule has 1 heteroatoms. The third-order valence-electron chi connectivity index (χ3n) is 1.21. The van der Waals surface area contributed by atoms with Crippen molar-refractivity contribution in [3.8, 4) is 0 Å². The molecule has 0 N–H and O–H groups in total. The molecule has 1 unspecified atom stereocenters. The van der Waals surface area contributed by atoms with E-state index in [1.807, 2.05) is 0 Å². The van der Waals surface area contributed by atoms with Crippen LogP contribution in [0.2, 0.25) is 0 Å². The first-order chi connectivity index (χ1) is 2.81. The Morgan fingerprint density at radius 3 is 2.00 bits per heavy atom. The third-order valence-corrected chi connectivity index (χ3v) is 1.21. The molecule has 0 aromatic heterocycles. The number of hydrogen-bond donors (Lipinski definition) is 0. The molecule has 0 bridgehead atoms. The van der Waals surface area contributed by atoms with Crippen molar-refractivity contribution in [3.63, 3.8) is 0 Å². The molecular weight excluding hydrogens is 142 g/mol. The van der Waals surface area contributed by atoms with Gasteiger partial charge >= 0.3 is 19.8 Å². The summed E-state index contributed by atoms with van der Waals surface area (Å²) < 4.78 is 0. The molecule has 0 aliphatic heterocycles. The summed E-state index contributed by atoms with van der Waals surface area (Å²) in [7, 11) is 0. The summed E-state index contributed by atoms with van der Waals surface area (Å²) in [6, 6.07) is 0. The Labute approximate surface area is 59.7 Å². The molecule has 0 aromatic carbocycles. The van der Waals surface area contributed by atoms with E-state index in [4.69, 9.17) is 0 Å². The molecule has 0 nitrogen and oxygen atoms in total. The minimum absolute atomic E-state index is 0. The Morgan fingerprint density at radius 1 is 1.57 bits per heavy atom. The Kier molecular flexibility index (Phi) is 10.0. The molecule has 0 heterocycles. The van der Waals surface area contributed by atoms with E-state index in [1.165, 1.54) is 6.42 Å². The molecule has 0 fully saturated rings. The summed E-state index contributed by atoms with van der Waals surface area (Å²) >= 11 is 0. The van der Waals surface area contributed by atoms with Gasteiger partial charge in [-0.2, -0.15) is 0 Å². The van der Waals surface area contributed by atoms with Crippen molar-refractivity contribution in [1.29, 1.82) is 0 Å². The van der Waals surface area contributed by atoms with E-state index in [-0.39, 0.29) is 19.8 Å². The molecule has 0 amide bonds. The molecular formula is C6H16Ga. The first kappa shape index (κ1) is 10.6. The zero-order valence-corrected chi connectivity index (χ0v) is 4.86. The van der Waals surface area contributed by atoms with Crippen LogP contribution >= 0.6 is 0 Å². The zero-order chi connectivity index (χ0) is 4.99. The molecule has 0 aliphatic rings. The first-order valence-electron chi connectivity index (χ1n) is 2.60. The van der Waals surface area contributed by atoms with E-state index in [2.05, 4.69) is 27.2 Å². The van der Waals surface area contributed by atoms with Gasteiger partial charge in [-0.25, -0.2) is 0 Å². The summed E-state index contributed by atoms with van der Waals surface area (Å²) in [5.41, 5.74) is 0. The summed E-state index contributed by atoms with van der Waals surface area (Å²) in [6.07, 6.45) is 3.50. The second-order valence-electron chi connectivity index (χ2n) is 1.72. The van der Waals surface area contributed by atoms with Crippen molar-refractivity contribution in [3.05, 3.63) is 6.42 Å². The SMILES string of the molecule is C[CH]C(C)CC.[GaH3]. The van der Waals surface area contributed by atoms with Crippen LogP contribution in [0.15, 0.2) is 0 Å². The van der Waals surface area contributed by atoms with Crippen molar-refractivity contribution < 1.29 is 0 Å². The predicted octanol–water partition coefficient (Wildman–Crippen LogP) is 1.07. The monoisotopic (exact) mass is 157 g/mol. The molecule has 0 rings (SSSR count). The zero-order valence-electron chi connectivity index (χ0n) is 4.86. The van der Waals surface area contributed by atoms with Crippen molar-refractivity contribution >= 4 is 19.8 Å². The normalized spacial score (nSPS) is 8.57. The van der Waals surface area contributed by atoms with E-state index in [0.717, 1.165) is 5.92 Å². The molecule has 1 radical (unpaired) electrons. The average molecular weight is 158 g/mol. The fourth-order valence-corrected chi connectivity index (χ4v) is 0.236. The van der Waals surface area contributed by atoms with Gasteiger partial charge in [0.2, 0.25) is 0 Å². The Morgan fingerprint density at radius 2 is 2.00 bits per heavy atom. The summed E-state index contributed by atoms with van der Waals surface area (Å²) in [5, 5.41) is 0. The van der Waals surface area contributed by atoms with Gasteiger partial charge in [-0.1, -0.05) is 27.2 Å². The third kappa shape index (κ3) is 6.64. The van der Waals surface area contributed by atoms with Crippen LogP contribution in [0.5, 0.6) is 0 Å². The van der Waals surface area contributed by atoms with E-state index >= 15 is 0 Å². The number of rotatable bonds is 2. The fraction of sp³-hybridized carbons (Fsp3) is 0.833. The number of hydrogen-bond acceptors (Lipinski definition) is 0. The Bertz CT molecular complexity index is 23.4. The topological polar surface area (TPSA) is 0 Å². The van der Waals surface area contributed by atoms with Gasteiger partial charge in [0.15, 0.2) is 0 Å². The maximum absolute atomic E-state index is 2.22. The van der Waals surface area contributed by atoms with E-state index in [1.54, 1.807) is 0 Å². The van der Waals surface area contributed by atoms with E-state index in [0.29, 0.717) is 0 Å². The molecule has 43 valence electrons. The van der Waals surface area contributed by atoms with Crippen molar-refractivity contribution in [2.45, 2.75) is 27.2 Å². The van der Waals surface area contributed by atoms with Crippen molar-refractivity contribution in [1.82, 2.24) is 0 Å². The minimum atomic E-state index is 0. The molecule has 0 saturated carbocycles. The second-order valence-corrected chi connectivity index (χ2v) is 1.72. The average Bonchev–Trinajstić information content (AvgIpc) is 1.65. The van der Waals surface area contributed by atoms with Gasteiger partial charge in [0.25, 0.3) is 0 Å². The molecule has 0 aliphatic carbocycles. The van der Waals surface area contributed by atoms with Crippen molar-refractivity contribution in [2.24, 2.45) is 5.92 Å². The molecule has 0 saturated heterocycles. The van der Waals surface area contributed by atoms with E-state index < -0.39 is 0 Å². The van der Waals surface area contributed by atoms with Gasteiger partial charge in [-0.15, -0.1) is 0 Å². The summed E-state index contributed by atoms with van der Waals surface area (Å²) in [5.74, 6) is 0.810. The van der Waals surface area contributed by atoms with Crippen LogP contribution in [0.4, 0.5) is 0 Å². The van der Waals surface area contributed by atoms with Crippen LogP contribution in [0.1, 0.15) is 27.2 Å². The fourth-order valence-electron chi connectivity index (χ4n) is 0.236. The van der Waals surface area contributed by atoms with Crippen LogP contribution in [0.25, 0.3) is 0 Å². The Hall–Kier alpha value is 0.636. The van der Waals surface area contributed by atoms with Crippen LogP contribution < -0.4 is 0 Å². The van der Waals surface area contributed by atoms with Crippen LogP contribution in [0, 0.1) is 12.3 Å². The predicted molar refractivity (Wildman–Crippen MR) is 39.4 cm³/mol. The molecule has 1 atom stereocenters. The maximum atomic E-state index is 2.22. The standard InChI is InChI=1S/C6H13.Ga.3H/c1-4-6(3)5-2;;;;/h4,6H,5H2,1-3H3;;;;. The van der Waals surface area contributed by atoms with Crippen LogP contribution in [-0.4, -0.2) is 19.8 Å². The van der Waals surface area contributed by atoms with Crippen molar-refractivity contribution in [2.75, 3.05) is 0 Å². The summed E-state index contributed by atoms with van der Waals surface area (Å²) in [6.45, 7) is 6.53. The molecule has 7 heavy (non-hydrogen) atoms. The van der Waals surface area contributed by atoms with Gasteiger partial charge < -0.3 is 0 Å². The second kappa shape index (κ2) is 6.64. The van der Waals surface area contributed by atoms with Crippen LogP contribution in [0.3, 0.4) is 0 Å². The summed E-state index contributed by atoms with van der Waals surface area (Å²) in [4.78, 5) is 0. The quantitative estimate of drug-likeness (QED) is 0.527. The Balaban J connectivity index is 0. The van der Waals surface area contributed by atoms with Gasteiger partial charge in [-0.05, 0) is 12.3 Å². The van der Waals surface area contributed by atoms with Gasteiger partial charge in [0.1, 0.15) is 0 Å². The van der Waals surface area contributed by atoms with E-state index in [9.17, 15) is 0 Å².